The molecular weight excluding hydrogens is 254 g/mol. The van der Waals surface area contributed by atoms with Gasteiger partial charge in [0.2, 0.25) is 0 Å². The van der Waals surface area contributed by atoms with Crippen LogP contribution in [0.1, 0.15) is 57.9 Å². The molecule has 1 aromatic rings. The van der Waals surface area contributed by atoms with Crippen molar-refractivity contribution in [3.63, 3.8) is 0 Å². The van der Waals surface area contributed by atoms with Crippen LogP contribution in [0.4, 0.5) is 0 Å². The molecule has 0 radical (unpaired) electrons. The molecule has 0 heterocycles. The van der Waals surface area contributed by atoms with Gasteiger partial charge in [0.25, 0.3) is 0 Å². The van der Waals surface area contributed by atoms with Crippen molar-refractivity contribution in [2.24, 2.45) is 11.1 Å². The fourth-order valence-corrected chi connectivity index (χ4v) is 4.40. The molecule has 1 saturated carbocycles. The van der Waals surface area contributed by atoms with Gasteiger partial charge in [0.05, 0.1) is 0 Å². The summed E-state index contributed by atoms with van der Waals surface area (Å²) in [4.78, 5) is 0. The lowest BCUT2D eigenvalue weighted by molar-refractivity contribution is 0.00784. The van der Waals surface area contributed by atoms with Gasteiger partial charge in [0.1, 0.15) is 0 Å². The Morgan fingerprint density at radius 3 is 2.26 bits per heavy atom. The molecule has 19 heavy (non-hydrogen) atoms. The summed E-state index contributed by atoms with van der Waals surface area (Å²) in [5.41, 5.74) is 8.17. The highest BCUT2D eigenvalue weighted by Gasteiger charge is 2.53. The summed E-state index contributed by atoms with van der Waals surface area (Å²) in [5, 5.41) is 0.828. The van der Waals surface area contributed by atoms with Crippen LogP contribution in [-0.4, -0.2) is 6.54 Å². The number of nitrogens with two attached hydrogens (primary N) is 1. The second-order valence-electron chi connectivity index (χ2n) is 6.35. The van der Waals surface area contributed by atoms with E-state index in [9.17, 15) is 0 Å². The minimum Gasteiger partial charge on any atom is -0.330 e. The fourth-order valence-electron chi connectivity index (χ4n) is 4.21. The minimum atomic E-state index is 0.176. The molecule has 1 nitrogen and oxygen atoms in total. The first kappa shape index (κ1) is 14.9. The summed E-state index contributed by atoms with van der Waals surface area (Å²) in [6.45, 7) is 5.32. The van der Waals surface area contributed by atoms with Crippen LogP contribution in [0.5, 0.6) is 0 Å². The predicted molar refractivity (Wildman–Crippen MR) is 83.7 cm³/mol. The maximum Gasteiger partial charge on any atom is 0.0408 e. The van der Waals surface area contributed by atoms with Gasteiger partial charge in [-0.15, -0.1) is 0 Å². The highest BCUT2D eigenvalue weighted by Crippen LogP contribution is 2.59. The van der Waals surface area contributed by atoms with E-state index in [-0.39, 0.29) is 5.41 Å². The number of hydrogen-bond donors (Lipinski definition) is 1. The molecule has 1 aliphatic carbocycles. The zero-order valence-electron chi connectivity index (χ0n) is 12.2. The molecular formula is C17H26ClN. The van der Waals surface area contributed by atoms with Crippen LogP contribution < -0.4 is 5.73 Å². The summed E-state index contributed by atoms with van der Waals surface area (Å²) >= 11 is 6.14. The van der Waals surface area contributed by atoms with Crippen LogP contribution in [0.3, 0.4) is 0 Å². The molecule has 0 bridgehead atoms. The average molecular weight is 280 g/mol. The van der Waals surface area contributed by atoms with Crippen molar-refractivity contribution >= 4 is 11.6 Å². The summed E-state index contributed by atoms with van der Waals surface area (Å²) in [7, 11) is 0. The number of benzene rings is 1. The number of halogens is 1. The molecule has 2 rings (SSSR count). The van der Waals surface area contributed by atoms with Crippen molar-refractivity contribution in [2.75, 3.05) is 6.54 Å². The first-order valence-electron chi connectivity index (χ1n) is 7.56. The van der Waals surface area contributed by atoms with E-state index in [1.165, 1.54) is 44.1 Å². The van der Waals surface area contributed by atoms with Crippen molar-refractivity contribution in [1.82, 2.24) is 0 Å². The quantitative estimate of drug-likeness (QED) is 0.786. The van der Waals surface area contributed by atoms with Crippen LogP contribution in [0.25, 0.3) is 0 Å². The normalized spacial score (nSPS) is 20.0. The summed E-state index contributed by atoms with van der Waals surface area (Å²) in [6.07, 6.45) is 7.69. The Hall–Kier alpha value is -0.530. The lowest BCUT2D eigenvalue weighted by atomic mass is 9.48. The van der Waals surface area contributed by atoms with Crippen molar-refractivity contribution < 1.29 is 0 Å². The van der Waals surface area contributed by atoms with Crippen molar-refractivity contribution in [1.29, 1.82) is 0 Å². The number of hydrogen-bond acceptors (Lipinski definition) is 1. The smallest absolute Gasteiger partial charge is 0.0408 e. The van der Waals surface area contributed by atoms with Gasteiger partial charge in [-0.3, -0.25) is 0 Å². The first-order chi connectivity index (χ1) is 9.10. The first-order valence-corrected chi connectivity index (χ1v) is 7.94. The maximum atomic E-state index is 6.14. The third kappa shape index (κ3) is 2.83. The van der Waals surface area contributed by atoms with Crippen molar-refractivity contribution in [3.8, 4) is 0 Å². The Bertz CT molecular complexity index is 413. The van der Waals surface area contributed by atoms with Gasteiger partial charge >= 0.3 is 0 Å². The van der Waals surface area contributed by atoms with Gasteiger partial charge in [-0.2, -0.15) is 0 Å². The third-order valence-electron chi connectivity index (χ3n) is 4.82. The Kier molecular flexibility index (Phi) is 4.58. The van der Waals surface area contributed by atoms with E-state index >= 15 is 0 Å². The SMILES string of the molecule is CCCC1(CCC)CC(CN)(c2cccc(Cl)c2)C1. The molecule has 0 aromatic heterocycles. The van der Waals surface area contributed by atoms with E-state index in [1.807, 2.05) is 6.07 Å². The predicted octanol–water partition coefficient (Wildman–Crippen LogP) is 4.92. The van der Waals surface area contributed by atoms with Gasteiger partial charge in [-0.25, -0.2) is 0 Å². The van der Waals surface area contributed by atoms with Gasteiger partial charge in [0.15, 0.2) is 0 Å². The lowest BCUT2D eigenvalue weighted by Crippen LogP contribution is -2.53. The second-order valence-corrected chi connectivity index (χ2v) is 6.78. The molecule has 0 amide bonds. The monoisotopic (exact) mass is 279 g/mol. The fraction of sp³-hybridized carbons (Fsp3) is 0.647. The largest absolute Gasteiger partial charge is 0.330 e. The van der Waals surface area contributed by atoms with E-state index in [1.54, 1.807) is 0 Å². The Morgan fingerprint density at radius 2 is 1.79 bits per heavy atom. The average Bonchev–Trinajstić information content (AvgIpc) is 2.35. The highest BCUT2D eigenvalue weighted by molar-refractivity contribution is 6.30. The van der Waals surface area contributed by atoms with Gasteiger partial charge < -0.3 is 5.73 Å². The Balaban J connectivity index is 2.19. The molecule has 0 saturated heterocycles. The van der Waals surface area contributed by atoms with E-state index < -0.39 is 0 Å². The summed E-state index contributed by atoms with van der Waals surface area (Å²) in [5.74, 6) is 0. The molecule has 1 fully saturated rings. The third-order valence-corrected chi connectivity index (χ3v) is 5.05. The van der Waals surface area contributed by atoms with Gasteiger partial charge in [-0.05, 0) is 48.8 Å². The molecule has 2 N–H and O–H groups in total. The topological polar surface area (TPSA) is 26.0 Å². The van der Waals surface area contributed by atoms with E-state index in [2.05, 4.69) is 32.0 Å². The van der Waals surface area contributed by atoms with Crippen LogP contribution in [0.15, 0.2) is 24.3 Å². The zero-order valence-corrected chi connectivity index (χ0v) is 13.0. The van der Waals surface area contributed by atoms with E-state index in [4.69, 9.17) is 17.3 Å². The molecule has 2 heteroatoms. The highest BCUT2D eigenvalue weighted by atomic mass is 35.5. The second kappa shape index (κ2) is 5.85. The Morgan fingerprint density at radius 1 is 1.16 bits per heavy atom. The zero-order chi connectivity index (χ0) is 13.9. The van der Waals surface area contributed by atoms with Crippen LogP contribution in [0.2, 0.25) is 5.02 Å². The van der Waals surface area contributed by atoms with E-state index in [0.29, 0.717) is 5.41 Å². The standard InChI is InChI=1S/C17H26ClN/c1-3-8-16(9-4-2)11-17(12-16,13-19)14-6-5-7-15(18)10-14/h5-7,10H,3-4,8-9,11-13,19H2,1-2H3. The summed E-state index contributed by atoms with van der Waals surface area (Å²) < 4.78 is 0. The molecule has 0 aliphatic heterocycles. The molecule has 1 aromatic carbocycles. The van der Waals surface area contributed by atoms with E-state index in [0.717, 1.165) is 11.6 Å². The Labute approximate surface area is 122 Å². The van der Waals surface area contributed by atoms with Crippen LogP contribution in [-0.2, 0) is 5.41 Å². The van der Waals surface area contributed by atoms with Crippen molar-refractivity contribution in [2.45, 2.75) is 57.8 Å². The molecule has 106 valence electrons. The lowest BCUT2D eigenvalue weighted by Gasteiger charge is -2.57. The van der Waals surface area contributed by atoms with Crippen LogP contribution >= 0.6 is 11.6 Å². The number of rotatable bonds is 6. The molecule has 0 atom stereocenters. The summed E-state index contributed by atoms with van der Waals surface area (Å²) in [6, 6.07) is 8.30. The van der Waals surface area contributed by atoms with Crippen LogP contribution in [0, 0.1) is 5.41 Å². The molecule has 0 unspecified atom stereocenters. The molecule has 1 aliphatic rings. The molecule has 0 spiro atoms. The van der Waals surface area contributed by atoms with Gasteiger partial charge in [-0.1, -0.05) is 50.4 Å². The minimum absolute atomic E-state index is 0.176. The van der Waals surface area contributed by atoms with Crippen molar-refractivity contribution in [3.05, 3.63) is 34.9 Å². The van der Waals surface area contributed by atoms with Gasteiger partial charge in [0, 0.05) is 17.0 Å². The maximum absolute atomic E-state index is 6.14.